The van der Waals surface area contributed by atoms with Crippen LogP contribution in [0.2, 0.25) is 0 Å². The molecule has 0 amide bonds. The topological polar surface area (TPSA) is 150 Å². The summed E-state index contributed by atoms with van der Waals surface area (Å²) >= 11 is 0. The summed E-state index contributed by atoms with van der Waals surface area (Å²) in [4.78, 5) is 1.76. The fourth-order valence-electron chi connectivity index (χ4n) is 3.05. The summed E-state index contributed by atoms with van der Waals surface area (Å²) in [6, 6.07) is -0.303. The molecular formula is C10H20N5O5-. The molecule has 3 unspecified atom stereocenters. The quantitative estimate of drug-likeness (QED) is 0.294. The van der Waals surface area contributed by atoms with Crippen LogP contribution in [0.1, 0.15) is 0 Å². The Balaban J connectivity index is 1.73. The lowest BCUT2D eigenvalue weighted by Gasteiger charge is -2.47. The SMILES string of the molecule is NC1C2NCN([C@H]3O[C@H](CO)[C@@H](O)[C@H]3O)C2NCN1[O-]. The molecule has 0 saturated carbocycles. The molecule has 0 radical (unpaired) electrons. The molecule has 116 valence electrons. The van der Waals surface area contributed by atoms with Crippen LogP contribution in [-0.4, -0.2) is 88.1 Å². The lowest BCUT2D eigenvalue weighted by atomic mass is 10.1. The average Bonchev–Trinajstić information content (AvgIpc) is 2.98. The number of ether oxygens (including phenoxy) is 1. The molecule has 0 aromatic carbocycles. The van der Waals surface area contributed by atoms with Crippen molar-refractivity contribution in [2.75, 3.05) is 19.9 Å². The predicted molar refractivity (Wildman–Crippen MR) is 66.4 cm³/mol. The van der Waals surface area contributed by atoms with Gasteiger partial charge in [-0.3, -0.25) is 10.6 Å². The summed E-state index contributed by atoms with van der Waals surface area (Å²) in [6.45, 7) is 0.0666. The van der Waals surface area contributed by atoms with Gasteiger partial charge in [0, 0.05) is 6.67 Å². The minimum atomic E-state index is -1.14. The molecule has 0 aromatic rings. The molecule has 0 bridgehead atoms. The molecule has 20 heavy (non-hydrogen) atoms. The van der Waals surface area contributed by atoms with Gasteiger partial charge in [0.25, 0.3) is 0 Å². The van der Waals surface area contributed by atoms with Crippen molar-refractivity contribution in [3.63, 3.8) is 0 Å². The monoisotopic (exact) mass is 290 g/mol. The van der Waals surface area contributed by atoms with E-state index in [-0.39, 0.29) is 25.5 Å². The first-order chi connectivity index (χ1) is 9.54. The van der Waals surface area contributed by atoms with Crippen LogP contribution in [0.25, 0.3) is 0 Å². The van der Waals surface area contributed by atoms with Crippen LogP contribution in [0.3, 0.4) is 0 Å². The maximum atomic E-state index is 11.5. The van der Waals surface area contributed by atoms with E-state index in [0.29, 0.717) is 6.67 Å². The summed E-state index contributed by atoms with van der Waals surface area (Å²) in [5.41, 5.74) is 5.83. The van der Waals surface area contributed by atoms with Crippen molar-refractivity contribution in [2.24, 2.45) is 5.73 Å². The van der Waals surface area contributed by atoms with E-state index in [0.717, 1.165) is 5.06 Å². The Labute approximate surface area is 115 Å². The van der Waals surface area contributed by atoms with Crippen molar-refractivity contribution in [2.45, 2.75) is 42.9 Å². The van der Waals surface area contributed by atoms with Crippen LogP contribution in [0.4, 0.5) is 0 Å². The standard InChI is InChI=1S/C10H20N5O5/c11-8-5-9(13-3-15(8)19)14(2-12-5)10-7(18)6(17)4(1-16)20-10/h4-10,12-13,16-18H,1-3,11H2/q-1/t4-,5?,6-,7-,8?,9?,10+/m1/s1. The third kappa shape index (κ3) is 2.14. The van der Waals surface area contributed by atoms with Crippen molar-refractivity contribution in [3.8, 4) is 0 Å². The van der Waals surface area contributed by atoms with E-state index in [1.165, 1.54) is 0 Å². The van der Waals surface area contributed by atoms with E-state index < -0.39 is 30.7 Å². The molecular weight excluding hydrogens is 270 g/mol. The molecule has 10 heteroatoms. The number of nitrogens with zero attached hydrogens (tertiary/aromatic N) is 2. The predicted octanol–water partition coefficient (Wildman–Crippen LogP) is -4.37. The zero-order valence-corrected chi connectivity index (χ0v) is 10.8. The van der Waals surface area contributed by atoms with Gasteiger partial charge in [-0.15, -0.1) is 0 Å². The van der Waals surface area contributed by atoms with Gasteiger partial charge in [-0.25, -0.2) is 4.90 Å². The van der Waals surface area contributed by atoms with Crippen LogP contribution < -0.4 is 16.4 Å². The Kier molecular flexibility index (Phi) is 3.94. The second kappa shape index (κ2) is 5.42. The fourth-order valence-corrected chi connectivity index (χ4v) is 3.05. The molecule has 10 nitrogen and oxygen atoms in total. The molecule has 3 saturated heterocycles. The highest BCUT2D eigenvalue weighted by Gasteiger charge is 2.51. The lowest BCUT2D eigenvalue weighted by molar-refractivity contribution is -0.113. The zero-order chi connectivity index (χ0) is 14.4. The maximum Gasteiger partial charge on any atom is 0.142 e. The maximum absolute atomic E-state index is 11.5. The van der Waals surface area contributed by atoms with E-state index in [1.54, 1.807) is 4.90 Å². The minimum Gasteiger partial charge on any atom is -0.783 e. The van der Waals surface area contributed by atoms with Gasteiger partial charge in [0.15, 0.2) is 0 Å². The van der Waals surface area contributed by atoms with Gasteiger partial charge in [0.2, 0.25) is 0 Å². The number of hydrogen-bond donors (Lipinski definition) is 6. The van der Waals surface area contributed by atoms with Crippen LogP contribution in [0.5, 0.6) is 0 Å². The molecule has 7 atom stereocenters. The van der Waals surface area contributed by atoms with E-state index in [9.17, 15) is 15.4 Å². The number of rotatable bonds is 2. The number of aliphatic hydroxyl groups is 3. The molecule has 3 fully saturated rings. The first-order valence-electron chi connectivity index (χ1n) is 6.59. The van der Waals surface area contributed by atoms with Gasteiger partial charge < -0.3 is 36.1 Å². The van der Waals surface area contributed by atoms with Crippen LogP contribution in [0.15, 0.2) is 0 Å². The van der Waals surface area contributed by atoms with Crippen LogP contribution in [-0.2, 0) is 4.74 Å². The Morgan fingerprint density at radius 3 is 2.65 bits per heavy atom. The van der Waals surface area contributed by atoms with E-state index in [2.05, 4.69) is 10.6 Å². The Hall–Kier alpha value is -0.400. The van der Waals surface area contributed by atoms with Crippen LogP contribution in [0, 0.1) is 5.21 Å². The molecule has 0 spiro atoms. The molecule has 3 aliphatic heterocycles. The van der Waals surface area contributed by atoms with Crippen molar-refractivity contribution < 1.29 is 20.1 Å². The number of hydroxylamine groups is 2. The largest absolute Gasteiger partial charge is 0.783 e. The molecule has 7 N–H and O–H groups in total. The number of fused-ring (bicyclic) bond motifs is 1. The molecule has 3 heterocycles. The van der Waals surface area contributed by atoms with Crippen molar-refractivity contribution in [3.05, 3.63) is 5.21 Å². The first kappa shape index (κ1) is 14.5. The molecule has 3 aliphatic rings. The highest BCUT2D eigenvalue weighted by molar-refractivity contribution is 5.02. The van der Waals surface area contributed by atoms with Gasteiger partial charge in [0.1, 0.15) is 24.5 Å². The van der Waals surface area contributed by atoms with Crippen molar-refractivity contribution >= 4 is 0 Å². The van der Waals surface area contributed by atoms with Gasteiger partial charge in [-0.05, 0) is 0 Å². The summed E-state index contributed by atoms with van der Waals surface area (Å²) in [7, 11) is 0. The second-order valence-corrected chi connectivity index (χ2v) is 5.35. The highest BCUT2D eigenvalue weighted by Crippen LogP contribution is 2.28. The lowest BCUT2D eigenvalue weighted by Crippen LogP contribution is -2.68. The second-order valence-electron chi connectivity index (χ2n) is 5.35. The zero-order valence-electron chi connectivity index (χ0n) is 10.8. The van der Waals surface area contributed by atoms with E-state index in [4.69, 9.17) is 15.6 Å². The minimum absolute atomic E-state index is 0.0787. The Bertz CT molecular complexity index is 363. The number of hydrogen-bond acceptors (Lipinski definition) is 10. The Morgan fingerprint density at radius 2 is 2.00 bits per heavy atom. The molecule has 0 aromatic heterocycles. The van der Waals surface area contributed by atoms with Gasteiger partial charge in [-0.1, -0.05) is 0 Å². The van der Waals surface area contributed by atoms with Gasteiger partial charge >= 0.3 is 0 Å². The van der Waals surface area contributed by atoms with Gasteiger partial charge in [0.05, 0.1) is 31.6 Å². The summed E-state index contributed by atoms with van der Waals surface area (Å²) < 4.78 is 5.49. The van der Waals surface area contributed by atoms with Crippen molar-refractivity contribution in [1.82, 2.24) is 20.6 Å². The molecule has 3 rings (SSSR count). The van der Waals surface area contributed by atoms with Gasteiger partial charge in [-0.2, -0.15) is 0 Å². The summed E-state index contributed by atoms with van der Waals surface area (Å²) in [6.07, 6.45) is -4.82. The smallest absolute Gasteiger partial charge is 0.142 e. The third-order valence-corrected chi connectivity index (χ3v) is 4.21. The Morgan fingerprint density at radius 1 is 1.25 bits per heavy atom. The fraction of sp³-hybridized carbons (Fsp3) is 1.00. The summed E-state index contributed by atoms with van der Waals surface area (Å²) in [5, 5.41) is 47.3. The summed E-state index contributed by atoms with van der Waals surface area (Å²) in [5.74, 6) is 0. The molecule has 0 aliphatic carbocycles. The third-order valence-electron chi connectivity index (χ3n) is 4.21. The average molecular weight is 290 g/mol. The highest BCUT2D eigenvalue weighted by atomic mass is 16.6. The first-order valence-corrected chi connectivity index (χ1v) is 6.59. The normalized spacial score (nSPS) is 50.5. The number of nitrogens with one attached hydrogen (secondary N) is 2. The number of nitrogens with two attached hydrogens (primary N) is 1. The van der Waals surface area contributed by atoms with Crippen LogP contribution >= 0.6 is 0 Å². The van der Waals surface area contributed by atoms with E-state index >= 15 is 0 Å². The van der Waals surface area contributed by atoms with E-state index in [1.807, 2.05) is 0 Å². The van der Waals surface area contributed by atoms with Crippen molar-refractivity contribution in [1.29, 1.82) is 0 Å². The number of aliphatic hydroxyl groups excluding tert-OH is 3.